The highest BCUT2D eigenvalue weighted by molar-refractivity contribution is 7.10. The molecule has 1 aromatic rings. The molecular formula is C15H27NS. The lowest BCUT2D eigenvalue weighted by molar-refractivity contribution is 0.497. The van der Waals surface area contributed by atoms with Crippen LogP contribution in [-0.2, 0) is 0 Å². The van der Waals surface area contributed by atoms with E-state index in [0.29, 0.717) is 6.04 Å². The van der Waals surface area contributed by atoms with Crippen molar-refractivity contribution in [3.05, 3.63) is 21.9 Å². The Kier molecular flexibility index (Phi) is 7.54. The van der Waals surface area contributed by atoms with Crippen LogP contribution >= 0.6 is 11.3 Å². The van der Waals surface area contributed by atoms with Gasteiger partial charge in [-0.25, -0.2) is 0 Å². The van der Waals surface area contributed by atoms with Crippen molar-refractivity contribution in [3.8, 4) is 0 Å². The topological polar surface area (TPSA) is 12.0 Å². The minimum Gasteiger partial charge on any atom is -0.313 e. The summed E-state index contributed by atoms with van der Waals surface area (Å²) in [4.78, 5) is 1.47. The van der Waals surface area contributed by atoms with Gasteiger partial charge in [-0.05, 0) is 37.4 Å². The van der Waals surface area contributed by atoms with Gasteiger partial charge in [0.25, 0.3) is 0 Å². The summed E-state index contributed by atoms with van der Waals surface area (Å²) in [6.45, 7) is 4.50. The molecule has 98 valence electrons. The maximum absolute atomic E-state index is 3.45. The molecule has 0 saturated carbocycles. The van der Waals surface area contributed by atoms with E-state index in [1.54, 1.807) is 0 Å². The van der Waals surface area contributed by atoms with E-state index >= 15 is 0 Å². The Hall–Kier alpha value is -0.340. The second kappa shape index (κ2) is 8.71. The fourth-order valence-corrected chi connectivity index (χ4v) is 3.11. The lowest BCUT2D eigenvalue weighted by Gasteiger charge is -2.16. The molecule has 2 heteroatoms. The highest BCUT2D eigenvalue weighted by atomic mass is 32.1. The molecule has 0 saturated heterocycles. The van der Waals surface area contributed by atoms with Gasteiger partial charge in [0.1, 0.15) is 0 Å². The van der Waals surface area contributed by atoms with Crippen LogP contribution in [0.1, 0.15) is 68.4 Å². The number of aryl methyl sites for hydroxylation is 1. The summed E-state index contributed by atoms with van der Waals surface area (Å²) in [7, 11) is 2.08. The van der Waals surface area contributed by atoms with Gasteiger partial charge in [0, 0.05) is 10.9 Å². The molecule has 1 aromatic heterocycles. The molecule has 0 aliphatic rings. The molecule has 1 heterocycles. The SMILES string of the molecule is CCCCCCCCC(NC)c1ccsc1C. The summed E-state index contributed by atoms with van der Waals surface area (Å²) in [6, 6.07) is 2.84. The monoisotopic (exact) mass is 253 g/mol. The molecule has 0 amide bonds. The van der Waals surface area contributed by atoms with E-state index in [0.717, 1.165) is 0 Å². The molecule has 0 fully saturated rings. The standard InChI is InChI=1S/C15H27NS/c1-4-5-6-7-8-9-10-15(16-3)14-11-12-17-13(14)2/h11-12,15-16H,4-10H2,1-3H3. The van der Waals surface area contributed by atoms with Crippen molar-refractivity contribution in [3.63, 3.8) is 0 Å². The Morgan fingerprint density at radius 3 is 2.47 bits per heavy atom. The van der Waals surface area contributed by atoms with Gasteiger partial charge in [0.2, 0.25) is 0 Å². The lowest BCUT2D eigenvalue weighted by atomic mass is 10.0. The summed E-state index contributed by atoms with van der Waals surface area (Å²) in [5, 5.41) is 5.66. The molecule has 17 heavy (non-hydrogen) atoms. The summed E-state index contributed by atoms with van der Waals surface area (Å²) in [6.07, 6.45) is 9.59. The van der Waals surface area contributed by atoms with Crippen LogP contribution in [0.15, 0.2) is 11.4 Å². The number of unbranched alkanes of at least 4 members (excludes halogenated alkanes) is 5. The van der Waals surface area contributed by atoms with E-state index in [4.69, 9.17) is 0 Å². The molecule has 0 aliphatic carbocycles. The largest absolute Gasteiger partial charge is 0.313 e. The minimum atomic E-state index is 0.562. The Morgan fingerprint density at radius 2 is 1.88 bits per heavy atom. The van der Waals surface area contributed by atoms with Crippen LogP contribution in [0.5, 0.6) is 0 Å². The van der Waals surface area contributed by atoms with Gasteiger partial charge in [0.15, 0.2) is 0 Å². The van der Waals surface area contributed by atoms with Crippen LogP contribution in [0, 0.1) is 6.92 Å². The zero-order valence-electron chi connectivity index (χ0n) is 11.6. The van der Waals surface area contributed by atoms with Gasteiger partial charge in [-0.3, -0.25) is 0 Å². The predicted octanol–water partition coefficient (Wildman–Crippen LogP) is 5.07. The molecule has 1 rings (SSSR count). The van der Waals surface area contributed by atoms with Crippen molar-refractivity contribution in [1.82, 2.24) is 5.32 Å². The molecule has 1 unspecified atom stereocenters. The minimum absolute atomic E-state index is 0.562. The summed E-state index contributed by atoms with van der Waals surface area (Å²) < 4.78 is 0. The summed E-state index contributed by atoms with van der Waals surface area (Å²) >= 11 is 1.86. The van der Waals surface area contributed by atoms with E-state index in [1.165, 1.54) is 55.4 Å². The predicted molar refractivity (Wildman–Crippen MR) is 78.8 cm³/mol. The van der Waals surface area contributed by atoms with E-state index < -0.39 is 0 Å². The molecule has 0 radical (unpaired) electrons. The van der Waals surface area contributed by atoms with E-state index in [1.807, 2.05) is 11.3 Å². The average molecular weight is 253 g/mol. The zero-order chi connectivity index (χ0) is 12.5. The summed E-state index contributed by atoms with van der Waals surface area (Å²) in [5.41, 5.74) is 1.51. The first-order chi connectivity index (χ1) is 8.29. The molecule has 1 nitrogen and oxygen atoms in total. The Morgan fingerprint density at radius 1 is 1.18 bits per heavy atom. The van der Waals surface area contributed by atoms with Crippen LogP contribution in [-0.4, -0.2) is 7.05 Å². The number of rotatable bonds is 9. The van der Waals surface area contributed by atoms with Gasteiger partial charge in [-0.15, -0.1) is 11.3 Å². The van der Waals surface area contributed by atoms with E-state index in [2.05, 4.69) is 37.7 Å². The van der Waals surface area contributed by atoms with Crippen LogP contribution in [0.2, 0.25) is 0 Å². The Balaban J connectivity index is 2.22. The smallest absolute Gasteiger partial charge is 0.0328 e. The van der Waals surface area contributed by atoms with Crippen LogP contribution in [0.4, 0.5) is 0 Å². The first-order valence-electron chi connectivity index (χ1n) is 7.00. The number of hydrogen-bond acceptors (Lipinski definition) is 2. The van der Waals surface area contributed by atoms with Gasteiger partial charge in [-0.1, -0.05) is 45.4 Å². The van der Waals surface area contributed by atoms with E-state index in [9.17, 15) is 0 Å². The van der Waals surface area contributed by atoms with Crippen molar-refractivity contribution in [2.24, 2.45) is 0 Å². The normalized spacial score (nSPS) is 12.9. The Bertz CT molecular complexity index is 293. The third-order valence-corrected chi connectivity index (χ3v) is 4.33. The molecule has 0 bridgehead atoms. The fourth-order valence-electron chi connectivity index (χ4n) is 2.34. The van der Waals surface area contributed by atoms with Gasteiger partial charge in [0.05, 0.1) is 0 Å². The lowest BCUT2D eigenvalue weighted by Crippen LogP contribution is -2.16. The van der Waals surface area contributed by atoms with Gasteiger partial charge >= 0.3 is 0 Å². The van der Waals surface area contributed by atoms with Crippen molar-refractivity contribution in [1.29, 1.82) is 0 Å². The second-order valence-electron chi connectivity index (χ2n) is 4.83. The van der Waals surface area contributed by atoms with Crippen molar-refractivity contribution in [2.75, 3.05) is 7.05 Å². The van der Waals surface area contributed by atoms with Crippen LogP contribution in [0.3, 0.4) is 0 Å². The number of thiophene rings is 1. The third kappa shape index (κ3) is 5.22. The second-order valence-corrected chi connectivity index (χ2v) is 5.95. The van der Waals surface area contributed by atoms with Crippen LogP contribution < -0.4 is 5.32 Å². The maximum Gasteiger partial charge on any atom is 0.0328 e. The van der Waals surface area contributed by atoms with E-state index in [-0.39, 0.29) is 0 Å². The quantitative estimate of drug-likeness (QED) is 0.606. The van der Waals surface area contributed by atoms with Gasteiger partial charge in [-0.2, -0.15) is 0 Å². The molecule has 1 N–H and O–H groups in total. The summed E-state index contributed by atoms with van der Waals surface area (Å²) in [5.74, 6) is 0. The van der Waals surface area contributed by atoms with Gasteiger partial charge < -0.3 is 5.32 Å². The average Bonchev–Trinajstić information content (AvgIpc) is 2.75. The highest BCUT2D eigenvalue weighted by Crippen LogP contribution is 2.26. The first-order valence-corrected chi connectivity index (χ1v) is 7.88. The first kappa shape index (κ1) is 14.7. The highest BCUT2D eigenvalue weighted by Gasteiger charge is 2.11. The molecule has 0 aromatic carbocycles. The number of hydrogen-bond donors (Lipinski definition) is 1. The maximum atomic E-state index is 3.45. The molecule has 0 aliphatic heterocycles. The van der Waals surface area contributed by atoms with Crippen molar-refractivity contribution in [2.45, 2.75) is 64.8 Å². The molecule has 0 spiro atoms. The molecule has 1 atom stereocenters. The van der Waals surface area contributed by atoms with Crippen LogP contribution in [0.25, 0.3) is 0 Å². The fraction of sp³-hybridized carbons (Fsp3) is 0.733. The van der Waals surface area contributed by atoms with Crippen molar-refractivity contribution >= 4 is 11.3 Å². The van der Waals surface area contributed by atoms with Crippen molar-refractivity contribution < 1.29 is 0 Å². The number of nitrogens with one attached hydrogen (secondary N) is 1. The Labute approximate surface area is 111 Å². The molecular weight excluding hydrogens is 226 g/mol. The third-order valence-electron chi connectivity index (χ3n) is 3.47. The zero-order valence-corrected chi connectivity index (χ0v) is 12.4.